The maximum atomic E-state index is 5.77. The normalized spacial score (nSPS) is 22.1. The first-order valence-corrected chi connectivity index (χ1v) is 7.28. The standard InChI is InChI=1S/C15H18N2O3/c1-2-4-18-10(3-1)7-15-16-11-8-13-14(9-12(11)17-15)20-6-5-19-13/h8-10H,1-7H2,(H,16,17). The molecule has 1 aromatic heterocycles. The van der Waals surface area contributed by atoms with Crippen molar-refractivity contribution >= 4 is 11.0 Å². The number of aromatic amines is 1. The van der Waals surface area contributed by atoms with E-state index in [0.717, 1.165) is 47.8 Å². The molecule has 0 bridgehead atoms. The molecule has 1 unspecified atom stereocenters. The zero-order chi connectivity index (χ0) is 13.4. The van der Waals surface area contributed by atoms with Gasteiger partial charge in [0.2, 0.25) is 0 Å². The Hall–Kier alpha value is -1.75. The van der Waals surface area contributed by atoms with Gasteiger partial charge in [0.05, 0.1) is 17.1 Å². The molecule has 3 heterocycles. The number of nitrogens with zero attached hydrogens (tertiary/aromatic N) is 1. The number of hydrogen-bond donors (Lipinski definition) is 1. The molecule has 2 aromatic rings. The Balaban J connectivity index is 1.61. The number of benzene rings is 1. The van der Waals surface area contributed by atoms with Gasteiger partial charge in [-0.15, -0.1) is 0 Å². The van der Waals surface area contributed by atoms with Crippen molar-refractivity contribution in [3.63, 3.8) is 0 Å². The molecule has 0 spiro atoms. The van der Waals surface area contributed by atoms with E-state index in [0.29, 0.717) is 19.3 Å². The van der Waals surface area contributed by atoms with Crippen molar-refractivity contribution in [1.29, 1.82) is 0 Å². The number of imidazole rings is 1. The molecule has 1 saturated heterocycles. The molecule has 1 fully saturated rings. The average molecular weight is 274 g/mol. The second-order valence-electron chi connectivity index (χ2n) is 5.39. The van der Waals surface area contributed by atoms with E-state index in [1.807, 2.05) is 12.1 Å². The van der Waals surface area contributed by atoms with Crippen molar-refractivity contribution in [2.45, 2.75) is 31.8 Å². The molecule has 5 nitrogen and oxygen atoms in total. The third-order valence-corrected chi connectivity index (χ3v) is 3.89. The van der Waals surface area contributed by atoms with Crippen LogP contribution < -0.4 is 9.47 Å². The maximum Gasteiger partial charge on any atom is 0.163 e. The third kappa shape index (κ3) is 2.22. The van der Waals surface area contributed by atoms with Crippen molar-refractivity contribution in [2.24, 2.45) is 0 Å². The lowest BCUT2D eigenvalue weighted by Gasteiger charge is -2.21. The Labute approximate surface area is 117 Å². The number of rotatable bonds is 2. The first kappa shape index (κ1) is 12.0. The van der Waals surface area contributed by atoms with Crippen LogP contribution in [0.5, 0.6) is 11.5 Å². The number of aromatic nitrogens is 2. The highest BCUT2D eigenvalue weighted by Crippen LogP contribution is 2.33. The highest BCUT2D eigenvalue weighted by Gasteiger charge is 2.18. The Morgan fingerprint density at radius 1 is 1.10 bits per heavy atom. The summed E-state index contributed by atoms with van der Waals surface area (Å²) in [5.41, 5.74) is 1.93. The monoisotopic (exact) mass is 274 g/mol. The van der Waals surface area contributed by atoms with E-state index in [2.05, 4.69) is 9.97 Å². The molecule has 1 atom stereocenters. The minimum absolute atomic E-state index is 0.298. The molecule has 0 aliphatic carbocycles. The van der Waals surface area contributed by atoms with E-state index in [-0.39, 0.29) is 0 Å². The van der Waals surface area contributed by atoms with Crippen molar-refractivity contribution in [3.8, 4) is 11.5 Å². The summed E-state index contributed by atoms with van der Waals surface area (Å²) in [6.07, 6.45) is 4.70. The summed E-state index contributed by atoms with van der Waals surface area (Å²) < 4.78 is 16.9. The summed E-state index contributed by atoms with van der Waals surface area (Å²) in [5.74, 6) is 2.57. The zero-order valence-electron chi connectivity index (χ0n) is 11.4. The Kier molecular flexibility index (Phi) is 2.99. The second kappa shape index (κ2) is 4.98. The zero-order valence-corrected chi connectivity index (χ0v) is 11.4. The summed E-state index contributed by atoms with van der Waals surface area (Å²) in [5, 5.41) is 0. The van der Waals surface area contributed by atoms with Crippen LogP contribution in [0, 0.1) is 0 Å². The number of ether oxygens (including phenoxy) is 3. The van der Waals surface area contributed by atoms with Gasteiger partial charge in [0, 0.05) is 25.2 Å². The van der Waals surface area contributed by atoms with E-state index in [1.54, 1.807) is 0 Å². The van der Waals surface area contributed by atoms with Gasteiger partial charge in [0.25, 0.3) is 0 Å². The van der Waals surface area contributed by atoms with Gasteiger partial charge in [-0.05, 0) is 19.3 Å². The van der Waals surface area contributed by atoms with E-state index in [1.165, 1.54) is 12.8 Å². The molecule has 0 saturated carbocycles. The molecular formula is C15H18N2O3. The number of hydrogen-bond acceptors (Lipinski definition) is 4. The van der Waals surface area contributed by atoms with Gasteiger partial charge in [-0.25, -0.2) is 4.98 Å². The van der Waals surface area contributed by atoms with Gasteiger partial charge in [0.15, 0.2) is 11.5 Å². The summed E-state index contributed by atoms with van der Waals surface area (Å²) in [4.78, 5) is 8.01. The van der Waals surface area contributed by atoms with E-state index in [4.69, 9.17) is 14.2 Å². The number of nitrogens with one attached hydrogen (secondary N) is 1. The SMILES string of the molecule is c1c2c(cc3[nH]c(CC4CCCCO4)nc13)OCCO2. The summed E-state index contributed by atoms with van der Waals surface area (Å²) >= 11 is 0. The Morgan fingerprint density at radius 3 is 2.75 bits per heavy atom. The topological polar surface area (TPSA) is 56.4 Å². The van der Waals surface area contributed by atoms with E-state index >= 15 is 0 Å². The smallest absolute Gasteiger partial charge is 0.163 e. The quantitative estimate of drug-likeness (QED) is 0.914. The third-order valence-electron chi connectivity index (χ3n) is 3.89. The van der Waals surface area contributed by atoms with E-state index in [9.17, 15) is 0 Å². The van der Waals surface area contributed by atoms with Crippen molar-refractivity contribution in [3.05, 3.63) is 18.0 Å². The molecule has 5 heteroatoms. The maximum absolute atomic E-state index is 5.77. The van der Waals surface area contributed by atoms with Crippen LogP contribution in [0.15, 0.2) is 12.1 Å². The fraction of sp³-hybridized carbons (Fsp3) is 0.533. The number of H-pyrrole nitrogens is 1. The highest BCUT2D eigenvalue weighted by molar-refractivity contribution is 5.79. The average Bonchev–Trinajstić information content (AvgIpc) is 2.86. The van der Waals surface area contributed by atoms with Gasteiger partial charge in [-0.3, -0.25) is 0 Å². The van der Waals surface area contributed by atoms with Gasteiger partial charge in [0.1, 0.15) is 19.0 Å². The van der Waals surface area contributed by atoms with Crippen molar-refractivity contribution in [2.75, 3.05) is 19.8 Å². The minimum Gasteiger partial charge on any atom is -0.486 e. The lowest BCUT2D eigenvalue weighted by Crippen LogP contribution is -2.21. The van der Waals surface area contributed by atoms with Gasteiger partial charge >= 0.3 is 0 Å². The molecule has 1 aromatic carbocycles. The van der Waals surface area contributed by atoms with Gasteiger partial charge < -0.3 is 19.2 Å². The summed E-state index contributed by atoms with van der Waals surface area (Å²) in [6, 6.07) is 3.92. The van der Waals surface area contributed by atoms with E-state index < -0.39 is 0 Å². The predicted molar refractivity (Wildman–Crippen MR) is 74.4 cm³/mol. The van der Waals surface area contributed by atoms with Crippen LogP contribution >= 0.6 is 0 Å². The lowest BCUT2D eigenvalue weighted by molar-refractivity contribution is 0.0158. The molecule has 2 aliphatic rings. The highest BCUT2D eigenvalue weighted by atomic mass is 16.6. The molecular weight excluding hydrogens is 256 g/mol. The fourth-order valence-electron chi connectivity index (χ4n) is 2.88. The van der Waals surface area contributed by atoms with Crippen LogP contribution in [-0.2, 0) is 11.2 Å². The molecule has 1 N–H and O–H groups in total. The molecule has 20 heavy (non-hydrogen) atoms. The minimum atomic E-state index is 0.298. The van der Waals surface area contributed by atoms with Crippen LogP contribution in [-0.4, -0.2) is 35.9 Å². The largest absolute Gasteiger partial charge is 0.486 e. The molecule has 0 radical (unpaired) electrons. The molecule has 0 amide bonds. The van der Waals surface area contributed by atoms with Gasteiger partial charge in [-0.2, -0.15) is 0 Å². The first-order chi connectivity index (χ1) is 9.88. The molecule has 2 aliphatic heterocycles. The first-order valence-electron chi connectivity index (χ1n) is 7.28. The van der Waals surface area contributed by atoms with Crippen LogP contribution in [0.3, 0.4) is 0 Å². The van der Waals surface area contributed by atoms with Crippen LogP contribution in [0.4, 0.5) is 0 Å². The second-order valence-corrected chi connectivity index (χ2v) is 5.39. The summed E-state index contributed by atoms with van der Waals surface area (Å²) in [7, 11) is 0. The molecule has 106 valence electrons. The summed E-state index contributed by atoms with van der Waals surface area (Å²) in [6.45, 7) is 2.09. The van der Waals surface area contributed by atoms with Crippen LogP contribution in [0.1, 0.15) is 25.1 Å². The van der Waals surface area contributed by atoms with Crippen molar-refractivity contribution < 1.29 is 14.2 Å². The van der Waals surface area contributed by atoms with Crippen LogP contribution in [0.2, 0.25) is 0 Å². The fourth-order valence-corrected chi connectivity index (χ4v) is 2.88. The van der Waals surface area contributed by atoms with Gasteiger partial charge in [-0.1, -0.05) is 0 Å². The lowest BCUT2D eigenvalue weighted by atomic mass is 10.1. The number of fused-ring (bicyclic) bond motifs is 2. The van der Waals surface area contributed by atoms with Crippen molar-refractivity contribution in [1.82, 2.24) is 9.97 Å². The predicted octanol–water partition coefficient (Wildman–Crippen LogP) is 2.45. The Bertz CT molecular complexity index is 574. The molecule has 4 rings (SSSR count). The van der Waals surface area contributed by atoms with Crippen LogP contribution in [0.25, 0.3) is 11.0 Å². The Morgan fingerprint density at radius 2 is 1.95 bits per heavy atom.